The van der Waals surface area contributed by atoms with E-state index in [0.29, 0.717) is 56.6 Å². The SMILES string of the molecule is O=C(CCc1nc(-c2ccccc2)no1)N1CCCN(c2ccc(C(F)(F)F)cn2)CC1. The Bertz CT molecular complexity index is 1040. The standard InChI is InChI=1S/C22H22F3N5O2/c23-22(24,25)17-7-8-18(26-15-17)29-11-4-12-30(14-13-29)20(31)10-9-19-27-21(28-32-19)16-5-2-1-3-6-16/h1-3,5-8,15H,4,9-14H2. The molecule has 0 spiro atoms. The minimum absolute atomic E-state index is 0.0216. The second-order valence-corrected chi connectivity index (χ2v) is 7.50. The third kappa shape index (κ3) is 5.24. The van der Waals surface area contributed by atoms with Crippen LogP contribution in [0.25, 0.3) is 11.4 Å². The monoisotopic (exact) mass is 445 g/mol. The number of pyridine rings is 1. The van der Waals surface area contributed by atoms with Gasteiger partial charge in [-0.1, -0.05) is 35.5 Å². The molecule has 0 N–H and O–H groups in total. The molecule has 3 heterocycles. The maximum absolute atomic E-state index is 12.7. The summed E-state index contributed by atoms with van der Waals surface area (Å²) >= 11 is 0. The summed E-state index contributed by atoms with van der Waals surface area (Å²) in [5.74, 6) is 1.35. The van der Waals surface area contributed by atoms with Crippen molar-refractivity contribution in [1.82, 2.24) is 20.0 Å². The van der Waals surface area contributed by atoms with E-state index in [9.17, 15) is 18.0 Å². The van der Waals surface area contributed by atoms with Crippen LogP contribution in [-0.2, 0) is 17.4 Å². The van der Waals surface area contributed by atoms with Gasteiger partial charge in [-0.05, 0) is 18.6 Å². The molecule has 1 amide bonds. The van der Waals surface area contributed by atoms with E-state index < -0.39 is 11.7 Å². The van der Waals surface area contributed by atoms with Crippen molar-refractivity contribution in [3.63, 3.8) is 0 Å². The molecule has 0 unspecified atom stereocenters. The Morgan fingerprint density at radius 1 is 1.03 bits per heavy atom. The van der Waals surface area contributed by atoms with Gasteiger partial charge in [0.25, 0.3) is 0 Å². The van der Waals surface area contributed by atoms with E-state index in [4.69, 9.17) is 4.52 Å². The third-order valence-electron chi connectivity index (χ3n) is 5.30. The summed E-state index contributed by atoms with van der Waals surface area (Å²) in [6.45, 7) is 2.17. The summed E-state index contributed by atoms with van der Waals surface area (Å²) < 4.78 is 43.5. The number of hydrogen-bond donors (Lipinski definition) is 0. The van der Waals surface area contributed by atoms with E-state index in [2.05, 4.69) is 15.1 Å². The van der Waals surface area contributed by atoms with Crippen LogP contribution in [0.5, 0.6) is 0 Å². The molecule has 0 saturated carbocycles. The van der Waals surface area contributed by atoms with Crippen LogP contribution in [0.2, 0.25) is 0 Å². The Morgan fingerprint density at radius 3 is 2.56 bits per heavy atom. The van der Waals surface area contributed by atoms with Gasteiger partial charge in [0.05, 0.1) is 5.56 Å². The molecule has 0 bridgehead atoms. The number of benzene rings is 1. The molecule has 7 nitrogen and oxygen atoms in total. The average molecular weight is 445 g/mol. The quantitative estimate of drug-likeness (QED) is 0.594. The van der Waals surface area contributed by atoms with Crippen LogP contribution >= 0.6 is 0 Å². The van der Waals surface area contributed by atoms with Crippen molar-refractivity contribution in [2.75, 3.05) is 31.1 Å². The lowest BCUT2D eigenvalue weighted by Gasteiger charge is -2.23. The number of aromatic nitrogens is 3. The van der Waals surface area contributed by atoms with Crippen molar-refractivity contribution < 1.29 is 22.5 Å². The van der Waals surface area contributed by atoms with Crippen LogP contribution in [-0.4, -0.2) is 52.1 Å². The highest BCUT2D eigenvalue weighted by atomic mass is 19.4. The molecule has 168 valence electrons. The number of rotatable bonds is 5. The fraction of sp³-hybridized carbons (Fsp3) is 0.364. The molecule has 2 aromatic heterocycles. The highest BCUT2D eigenvalue weighted by Gasteiger charge is 2.31. The Kier molecular flexibility index (Phi) is 6.38. The van der Waals surface area contributed by atoms with Crippen LogP contribution in [0.15, 0.2) is 53.2 Å². The second-order valence-electron chi connectivity index (χ2n) is 7.50. The molecular formula is C22H22F3N5O2. The first kappa shape index (κ1) is 21.8. The van der Waals surface area contributed by atoms with Crippen LogP contribution < -0.4 is 4.90 Å². The van der Waals surface area contributed by atoms with Gasteiger partial charge >= 0.3 is 6.18 Å². The molecule has 1 saturated heterocycles. The number of halogens is 3. The van der Waals surface area contributed by atoms with Crippen molar-refractivity contribution in [2.24, 2.45) is 0 Å². The number of alkyl halides is 3. The lowest BCUT2D eigenvalue weighted by Crippen LogP contribution is -2.35. The highest BCUT2D eigenvalue weighted by Crippen LogP contribution is 2.29. The molecule has 0 radical (unpaired) electrons. The smallest absolute Gasteiger partial charge is 0.355 e. The lowest BCUT2D eigenvalue weighted by molar-refractivity contribution is -0.137. The number of anilines is 1. The minimum Gasteiger partial charge on any atom is -0.355 e. The summed E-state index contributed by atoms with van der Waals surface area (Å²) in [5.41, 5.74) is 0.0719. The topological polar surface area (TPSA) is 75.4 Å². The highest BCUT2D eigenvalue weighted by molar-refractivity contribution is 5.76. The lowest BCUT2D eigenvalue weighted by atomic mass is 10.2. The first-order valence-electron chi connectivity index (χ1n) is 10.3. The maximum Gasteiger partial charge on any atom is 0.417 e. The van der Waals surface area contributed by atoms with E-state index in [-0.39, 0.29) is 12.3 Å². The minimum atomic E-state index is -4.41. The predicted molar refractivity (Wildman–Crippen MR) is 111 cm³/mol. The van der Waals surface area contributed by atoms with E-state index in [0.717, 1.165) is 17.8 Å². The molecule has 1 aliphatic rings. The Hall–Kier alpha value is -3.43. The largest absolute Gasteiger partial charge is 0.417 e. The first-order valence-corrected chi connectivity index (χ1v) is 10.3. The molecule has 32 heavy (non-hydrogen) atoms. The fourth-order valence-corrected chi connectivity index (χ4v) is 3.57. The average Bonchev–Trinajstić information content (AvgIpc) is 3.13. The fourth-order valence-electron chi connectivity index (χ4n) is 3.57. The number of amides is 1. The second kappa shape index (κ2) is 9.37. The zero-order valence-corrected chi connectivity index (χ0v) is 17.3. The molecule has 4 rings (SSSR count). The van der Waals surface area contributed by atoms with Gasteiger partial charge in [-0.25, -0.2) is 4.98 Å². The first-order chi connectivity index (χ1) is 15.4. The number of carbonyl (C=O) groups is 1. The molecule has 1 aromatic carbocycles. The summed E-state index contributed by atoms with van der Waals surface area (Å²) in [4.78, 5) is 24.6. The third-order valence-corrected chi connectivity index (χ3v) is 5.30. The van der Waals surface area contributed by atoms with Gasteiger partial charge in [-0.15, -0.1) is 0 Å². The van der Waals surface area contributed by atoms with Crippen molar-refractivity contribution >= 4 is 11.7 Å². The molecular weight excluding hydrogens is 423 g/mol. The molecule has 0 aliphatic carbocycles. The van der Waals surface area contributed by atoms with Crippen LogP contribution in [0.3, 0.4) is 0 Å². The zero-order valence-electron chi connectivity index (χ0n) is 17.3. The molecule has 3 aromatic rings. The van der Waals surface area contributed by atoms with Crippen LogP contribution in [0, 0.1) is 0 Å². The van der Waals surface area contributed by atoms with Gasteiger partial charge in [0.15, 0.2) is 0 Å². The summed E-state index contributed by atoms with van der Waals surface area (Å²) in [7, 11) is 0. The normalized spacial score (nSPS) is 15.0. The molecule has 1 fully saturated rings. The van der Waals surface area contributed by atoms with Gasteiger partial charge < -0.3 is 14.3 Å². The number of aryl methyl sites for hydroxylation is 1. The van der Waals surface area contributed by atoms with Crippen molar-refractivity contribution in [3.8, 4) is 11.4 Å². The van der Waals surface area contributed by atoms with Gasteiger partial charge in [-0.3, -0.25) is 4.79 Å². The van der Waals surface area contributed by atoms with Crippen LogP contribution in [0.4, 0.5) is 19.0 Å². The number of hydrogen-bond acceptors (Lipinski definition) is 6. The van der Waals surface area contributed by atoms with Crippen LogP contribution in [0.1, 0.15) is 24.3 Å². The number of carbonyl (C=O) groups excluding carboxylic acids is 1. The Balaban J connectivity index is 1.30. The molecule has 10 heteroatoms. The molecule has 1 aliphatic heterocycles. The predicted octanol–water partition coefficient (Wildman–Crippen LogP) is 3.82. The zero-order chi connectivity index (χ0) is 22.6. The van der Waals surface area contributed by atoms with Gasteiger partial charge in [0.2, 0.25) is 17.6 Å². The number of nitrogens with zero attached hydrogens (tertiary/aromatic N) is 5. The van der Waals surface area contributed by atoms with Crippen molar-refractivity contribution in [1.29, 1.82) is 0 Å². The van der Waals surface area contributed by atoms with E-state index >= 15 is 0 Å². The van der Waals surface area contributed by atoms with Gasteiger partial charge in [0.1, 0.15) is 5.82 Å². The van der Waals surface area contributed by atoms with Gasteiger partial charge in [-0.2, -0.15) is 18.2 Å². The van der Waals surface area contributed by atoms with E-state index in [1.165, 1.54) is 6.07 Å². The Labute approximate surface area is 182 Å². The van der Waals surface area contributed by atoms with Crippen molar-refractivity contribution in [2.45, 2.75) is 25.4 Å². The summed E-state index contributed by atoms with van der Waals surface area (Å²) in [5, 5.41) is 3.96. The van der Waals surface area contributed by atoms with E-state index in [1.807, 2.05) is 35.2 Å². The Morgan fingerprint density at radius 2 is 1.84 bits per heavy atom. The summed E-state index contributed by atoms with van der Waals surface area (Å²) in [6.07, 6.45) is -2.27. The summed E-state index contributed by atoms with van der Waals surface area (Å²) in [6, 6.07) is 11.8. The maximum atomic E-state index is 12.7. The molecule has 0 atom stereocenters. The van der Waals surface area contributed by atoms with Gasteiger partial charge in [0, 0.05) is 50.8 Å². The van der Waals surface area contributed by atoms with Crippen molar-refractivity contribution in [3.05, 3.63) is 60.1 Å². The van der Waals surface area contributed by atoms with E-state index in [1.54, 1.807) is 4.90 Å².